The summed E-state index contributed by atoms with van der Waals surface area (Å²) in [5, 5.41) is 0. The normalized spacial score (nSPS) is 13.3. The average Bonchev–Trinajstić information content (AvgIpc) is 1.65. The molecule has 0 aromatic carbocycles. The molecule has 1 unspecified atom stereocenters. The average molecular weight is 146 g/mol. The van der Waals surface area contributed by atoms with E-state index in [1.54, 1.807) is 0 Å². The smallest absolute Gasteiger partial charge is 0.160 e. The summed E-state index contributed by atoms with van der Waals surface area (Å²) in [5.41, 5.74) is 0. The van der Waals surface area contributed by atoms with Gasteiger partial charge >= 0.3 is 0 Å². The second-order valence-electron chi connectivity index (χ2n) is 0.394. The Labute approximate surface area is 42.4 Å². The van der Waals surface area contributed by atoms with Crippen molar-refractivity contribution >= 4 is 29.3 Å². The predicted molar refractivity (Wildman–Crippen MR) is 27.2 cm³/mol. The molecule has 0 amide bonds. The molecule has 0 fully saturated rings. The summed E-state index contributed by atoms with van der Waals surface area (Å²) in [6, 6.07) is 0. The Bertz CT molecular complexity index is 129. The third-order valence-corrected chi connectivity index (χ3v) is 2.37. The van der Waals surface area contributed by atoms with Gasteiger partial charge in [-0.25, -0.2) is 12.6 Å². The van der Waals surface area contributed by atoms with Crippen LogP contribution in [0.1, 0.15) is 0 Å². The quantitative estimate of drug-likeness (QED) is 0.348. The van der Waals surface area contributed by atoms with E-state index in [0.717, 1.165) is 0 Å². The number of thiol groups is 2. The molecule has 0 aliphatic carbocycles. The van der Waals surface area contributed by atoms with E-state index in [2.05, 4.69) is 0 Å². The summed E-state index contributed by atoms with van der Waals surface area (Å²) in [6.45, 7) is 0. The predicted octanol–water partition coefficient (Wildman–Crippen LogP) is -1.54. The van der Waals surface area contributed by atoms with Crippen LogP contribution in [0.3, 0.4) is 0 Å². The minimum absolute atomic E-state index is 0.141. The van der Waals surface area contributed by atoms with Gasteiger partial charge in [-0.15, -0.1) is 0 Å². The van der Waals surface area contributed by atoms with Gasteiger partial charge < -0.3 is 0 Å². The minimum atomic E-state index is -2.05. The largest absolute Gasteiger partial charge is 0.249 e. The lowest BCUT2D eigenvalue weighted by Gasteiger charge is -1.50. The third-order valence-electron chi connectivity index (χ3n) is 0.130. The first-order valence-electron chi connectivity index (χ1n) is 0.914. The van der Waals surface area contributed by atoms with Crippen LogP contribution in [0.5, 0.6) is 0 Å². The van der Waals surface area contributed by atoms with Crippen molar-refractivity contribution in [1.29, 1.82) is 0 Å². The van der Waals surface area contributed by atoms with E-state index >= 15 is 0 Å². The number of hydrogen-bond acceptors (Lipinski definition) is 3. The van der Waals surface area contributed by atoms with Gasteiger partial charge in [-0.3, -0.25) is 0 Å². The second-order valence-corrected chi connectivity index (χ2v) is 5.02. The van der Waals surface area contributed by atoms with Gasteiger partial charge in [0.1, 0.15) is 8.39 Å². The molecule has 0 N–H and O–H groups in total. The van der Waals surface area contributed by atoms with Crippen LogP contribution in [0.2, 0.25) is 0 Å². The van der Waals surface area contributed by atoms with Gasteiger partial charge in [0.05, 0.1) is 10.7 Å². The lowest BCUT2D eigenvalue weighted by atomic mass is 16.0. The van der Waals surface area contributed by atoms with Crippen LogP contribution in [0.4, 0.5) is 0 Å². The summed E-state index contributed by atoms with van der Waals surface area (Å²) in [4.78, 5) is 0. The van der Waals surface area contributed by atoms with Crippen LogP contribution >= 0.6 is 0 Å². The molecule has 6 heavy (non-hydrogen) atoms. The zero-order valence-corrected chi connectivity index (χ0v) is 5.13. The van der Waals surface area contributed by atoms with E-state index in [9.17, 15) is 12.6 Å². The standard InChI is InChI=1S/H2O3S3/c1-4-6(3)5-2/h4,6H. The first-order chi connectivity index (χ1) is 2.81. The molecule has 0 aliphatic rings. The summed E-state index contributed by atoms with van der Waals surface area (Å²) in [7, 11) is -2.75. The molecule has 0 saturated heterocycles. The van der Waals surface area contributed by atoms with E-state index < -0.39 is 19.1 Å². The number of rotatable bonds is 1. The highest BCUT2D eigenvalue weighted by atomic mass is 33.3. The topological polar surface area (TPSA) is 51.2 Å². The Morgan fingerprint density at radius 2 is 2.17 bits per heavy atom. The van der Waals surface area contributed by atoms with Gasteiger partial charge in [-0.05, 0) is 0 Å². The molecule has 38 valence electrons. The monoisotopic (exact) mass is 146 g/mol. The fourth-order valence-corrected chi connectivity index (χ4v) is 0.367. The van der Waals surface area contributed by atoms with Gasteiger partial charge in [0.25, 0.3) is 0 Å². The van der Waals surface area contributed by atoms with Crippen molar-refractivity contribution in [3.63, 3.8) is 0 Å². The molecular weight excluding hydrogens is 144 g/mol. The van der Waals surface area contributed by atoms with Gasteiger partial charge in [-0.2, -0.15) is 0 Å². The molecule has 3 nitrogen and oxygen atoms in total. The van der Waals surface area contributed by atoms with Gasteiger partial charge in [0.2, 0.25) is 0 Å². The highest BCUT2D eigenvalue weighted by molar-refractivity contribution is 8.65. The van der Waals surface area contributed by atoms with Crippen molar-refractivity contribution in [2.75, 3.05) is 0 Å². The van der Waals surface area contributed by atoms with Crippen molar-refractivity contribution < 1.29 is 12.6 Å². The lowest BCUT2D eigenvalue weighted by Crippen LogP contribution is -1.62. The van der Waals surface area contributed by atoms with E-state index in [4.69, 9.17) is 0 Å². The molecule has 0 aliphatic heterocycles. The highest BCUT2D eigenvalue weighted by Crippen LogP contribution is 1.50. The maximum absolute atomic E-state index is 9.65. The fourth-order valence-electron chi connectivity index (χ4n) is 0.0136. The van der Waals surface area contributed by atoms with Crippen molar-refractivity contribution in [2.24, 2.45) is 0 Å². The molecule has 0 radical (unpaired) electrons. The molecule has 1 atom stereocenters. The summed E-state index contributed by atoms with van der Waals surface area (Å²) in [6.07, 6.45) is 0. The Morgan fingerprint density at radius 1 is 1.67 bits per heavy atom. The Balaban J connectivity index is 4.31. The van der Waals surface area contributed by atoms with Crippen LogP contribution in [0.15, 0.2) is 0 Å². The SMILES string of the molecule is O=S=[SH](=O)[SH]=O. The van der Waals surface area contributed by atoms with Crippen molar-refractivity contribution in [3.8, 4) is 0 Å². The molecule has 0 saturated carbocycles. The first-order valence-corrected chi connectivity index (χ1v) is 5.04. The molecule has 6 heteroatoms. The van der Waals surface area contributed by atoms with Crippen LogP contribution in [-0.4, -0.2) is 12.6 Å². The van der Waals surface area contributed by atoms with E-state index in [1.807, 2.05) is 0 Å². The lowest BCUT2D eigenvalue weighted by molar-refractivity contribution is 0.685. The molecule has 0 heterocycles. The van der Waals surface area contributed by atoms with Crippen molar-refractivity contribution in [1.82, 2.24) is 0 Å². The third kappa shape index (κ3) is 2.55. The zero-order valence-electron chi connectivity index (χ0n) is 2.53. The molecular formula is H2O3S3. The van der Waals surface area contributed by atoms with Crippen molar-refractivity contribution in [2.45, 2.75) is 0 Å². The summed E-state index contributed by atoms with van der Waals surface area (Å²) in [5.74, 6) is 0. The van der Waals surface area contributed by atoms with E-state index in [-0.39, 0.29) is 10.2 Å². The maximum Gasteiger partial charge on any atom is 0.160 e. The van der Waals surface area contributed by atoms with Crippen LogP contribution in [0.25, 0.3) is 0 Å². The van der Waals surface area contributed by atoms with Gasteiger partial charge in [-0.1, -0.05) is 0 Å². The number of hydrogen-bond donors (Lipinski definition) is 2. The minimum Gasteiger partial charge on any atom is -0.249 e. The molecule has 0 aromatic heterocycles. The van der Waals surface area contributed by atoms with Crippen LogP contribution in [0, 0.1) is 0 Å². The molecule has 0 bridgehead atoms. The van der Waals surface area contributed by atoms with E-state index in [0.29, 0.717) is 0 Å². The Hall–Kier alpha value is 0.320. The van der Waals surface area contributed by atoms with Crippen LogP contribution in [-0.2, 0) is 29.3 Å². The van der Waals surface area contributed by atoms with Gasteiger partial charge in [0.15, 0.2) is 10.2 Å². The Kier molecular flexibility index (Phi) is 3.70. The summed E-state index contributed by atoms with van der Waals surface area (Å²) >= 11 is 0. The van der Waals surface area contributed by atoms with Crippen LogP contribution < -0.4 is 0 Å². The highest BCUT2D eigenvalue weighted by Gasteiger charge is 1.62. The Morgan fingerprint density at radius 3 is 2.17 bits per heavy atom. The van der Waals surface area contributed by atoms with Gasteiger partial charge in [0, 0.05) is 0 Å². The zero-order chi connectivity index (χ0) is 4.99. The first kappa shape index (κ1) is 6.32. The molecule has 0 aromatic rings. The fraction of sp³-hybridized carbons (Fsp3) is 0. The molecule has 0 rings (SSSR count). The summed E-state index contributed by atoms with van der Waals surface area (Å²) < 4.78 is 28.3. The van der Waals surface area contributed by atoms with Crippen molar-refractivity contribution in [3.05, 3.63) is 0 Å². The maximum atomic E-state index is 9.65. The van der Waals surface area contributed by atoms with E-state index in [1.165, 1.54) is 0 Å². The molecule has 0 spiro atoms. The second kappa shape index (κ2) is 3.51.